The van der Waals surface area contributed by atoms with E-state index in [-0.39, 0.29) is 0 Å². The molecule has 0 fully saturated rings. The number of ether oxygens (including phenoxy) is 1. The molecule has 3 heteroatoms. The van der Waals surface area contributed by atoms with Gasteiger partial charge < -0.3 is 9.84 Å². The molecule has 0 aromatic carbocycles. The fourth-order valence-corrected chi connectivity index (χ4v) is 0.527. The molecule has 0 aliphatic rings. The zero-order valence-electron chi connectivity index (χ0n) is 6.04. The minimum atomic E-state index is -1.19. The number of carboxylic acid groups (broad SMARTS) is 1. The first-order chi connectivity index (χ1) is 4.77. The zero-order valence-corrected chi connectivity index (χ0v) is 6.04. The van der Waals surface area contributed by atoms with Crippen LogP contribution < -0.4 is 0 Å². The average Bonchev–Trinajstić information content (AvgIpc) is 1.87. The second kappa shape index (κ2) is 6.13. The van der Waals surface area contributed by atoms with Gasteiger partial charge in [-0.05, 0) is 19.8 Å². The predicted octanol–water partition coefficient (Wildman–Crippen LogP) is 2.04. The molecule has 0 amide bonds. The largest absolute Gasteiger partial charge is 0.505 e. The van der Waals surface area contributed by atoms with E-state index in [9.17, 15) is 4.79 Å². The van der Waals surface area contributed by atoms with E-state index in [1.807, 2.05) is 19.1 Å². The molecule has 0 bridgehead atoms. The first-order valence-corrected chi connectivity index (χ1v) is 3.24. The normalized spacial score (nSPS) is 10.1. The SMILES string of the molecule is CC=CCCCOC(=O)O. The van der Waals surface area contributed by atoms with Gasteiger partial charge in [0.1, 0.15) is 0 Å². The van der Waals surface area contributed by atoms with Gasteiger partial charge in [0.2, 0.25) is 0 Å². The maximum absolute atomic E-state index is 9.79. The van der Waals surface area contributed by atoms with Crippen molar-refractivity contribution in [3.8, 4) is 0 Å². The van der Waals surface area contributed by atoms with Crippen LogP contribution in [0.2, 0.25) is 0 Å². The highest BCUT2D eigenvalue weighted by molar-refractivity contribution is 5.56. The highest BCUT2D eigenvalue weighted by Crippen LogP contribution is 1.91. The molecule has 0 aliphatic heterocycles. The molecule has 58 valence electrons. The Hall–Kier alpha value is -0.990. The molecule has 10 heavy (non-hydrogen) atoms. The van der Waals surface area contributed by atoms with Crippen LogP contribution in [-0.4, -0.2) is 17.9 Å². The minimum absolute atomic E-state index is 0.291. The van der Waals surface area contributed by atoms with Gasteiger partial charge in [-0.1, -0.05) is 12.2 Å². The summed E-state index contributed by atoms with van der Waals surface area (Å²) in [6.45, 7) is 2.22. The van der Waals surface area contributed by atoms with Crippen molar-refractivity contribution in [2.45, 2.75) is 19.8 Å². The fourth-order valence-electron chi connectivity index (χ4n) is 0.527. The van der Waals surface area contributed by atoms with Crippen molar-refractivity contribution in [2.75, 3.05) is 6.61 Å². The zero-order chi connectivity index (χ0) is 7.82. The minimum Gasteiger partial charge on any atom is -0.450 e. The lowest BCUT2D eigenvalue weighted by Gasteiger charge is -1.95. The summed E-state index contributed by atoms with van der Waals surface area (Å²) in [5, 5.41) is 8.03. The molecule has 0 spiro atoms. The van der Waals surface area contributed by atoms with Gasteiger partial charge in [0.15, 0.2) is 0 Å². The van der Waals surface area contributed by atoms with Crippen LogP contribution in [0.15, 0.2) is 12.2 Å². The maximum atomic E-state index is 9.79. The van der Waals surface area contributed by atoms with Crippen LogP contribution in [0.25, 0.3) is 0 Å². The molecule has 0 saturated carbocycles. The number of hydrogen-bond acceptors (Lipinski definition) is 2. The topological polar surface area (TPSA) is 46.5 Å². The Kier molecular flexibility index (Phi) is 5.53. The standard InChI is InChI=1S/C7H12O3/c1-2-3-4-5-6-10-7(8)9/h2-3H,4-6H2,1H3,(H,8,9). The maximum Gasteiger partial charge on any atom is 0.505 e. The van der Waals surface area contributed by atoms with E-state index in [1.54, 1.807) is 0 Å². The molecule has 1 N–H and O–H groups in total. The first kappa shape index (κ1) is 9.01. The van der Waals surface area contributed by atoms with Crippen LogP contribution in [-0.2, 0) is 4.74 Å². The Labute approximate surface area is 60.3 Å². The van der Waals surface area contributed by atoms with Crippen LogP contribution in [0, 0.1) is 0 Å². The van der Waals surface area contributed by atoms with Gasteiger partial charge in [-0.2, -0.15) is 0 Å². The summed E-state index contributed by atoms with van der Waals surface area (Å²) in [6.07, 6.45) is 4.35. The Morgan fingerprint density at radius 2 is 2.40 bits per heavy atom. The summed E-state index contributed by atoms with van der Waals surface area (Å²) in [4.78, 5) is 9.79. The van der Waals surface area contributed by atoms with Crippen LogP contribution in [0.5, 0.6) is 0 Å². The van der Waals surface area contributed by atoms with E-state index in [0.29, 0.717) is 6.61 Å². The molecule has 3 nitrogen and oxygen atoms in total. The Morgan fingerprint density at radius 1 is 1.70 bits per heavy atom. The van der Waals surface area contributed by atoms with E-state index in [4.69, 9.17) is 5.11 Å². The van der Waals surface area contributed by atoms with Gasteiger partial charge in [-0.3, -0.25) is 0 Å². The lowest BCUT2D eigenvalue weighted by atomic mass is 10.3. The van der Waals surface area contributed by atoms with Crippen molar-refractivity contribution < 1.29 is 14.6 Å². The molecule has 0 heterocycles. The molecule has 0 radical (unpaired) electrons. The van der Waals surface area contributed by atoms with Crippen LogP contribution >= 0.6 is 0 Å². The summed E-state index contributed by atoms with van der Waals surface area (Å²) in [6, 6.07) is 0. The van der Waals surface area contributed by atoms with E-state index < -0.39 is 6.16 Å². The van der Waals surface area contributed by atoms with Crippen molar-refractivity contribution in [1.29, 1.82) is 0 Å². The van der Waals surface area contributed by atoms with Gasteiger partial charge in [-0.15, -0.1) is 0 Å². The number of unbranched alkanes of at least 4 members (excludes halogenated alkanes) is 1. The Bertz CT molecular complexity index is 118. The lowest BCUT2D eigenvalue weighted by molar-refractivity contribution is 0.0909. The quantitative estimate of drug-likeness (QED) is 0.373. The number of rotatable bonds is 4. The summed E-state index contributed by atoms with van der Waals surface area (Å²) < 4.78 is 4.27. The monoisotopic (exact) mass is 144 g/mol. The van der Waals surface area contributed by atoms with E-state index in [1.165, 1.54) is 0 Å². The third-order valence-corrected chi connectivity index (χ3v) is 0.976. The molecule has 0 saturated heterocycles. The fraction of sp³-hybridized carbons (Fsp3) is 0.571. The molecule has 0 atom stereocenters. The second-order valence-electron chi connectivity index (χ2n) is 1.83. The predicted molar refractivity (Wildman–Crippen MR) is 38.0 cm³/mol. The van der Waals surface area contributed by atoms with Gasteiger partial charge in [0, 0.05) is 0 Å². The molecule has 0 rings (SSSR count). The van der Waals surface area contributed by atoms with Crippen LogP contribution in [0.4, 0.5) is 4.79 Å². The summed E-state index contributed by atoms with van der Waals surface area (Å²) in [7, 11) is 0. The third kappa shape index (κ3) is 7.01. The number of hydrogen-bond donors (Lipinski definition) is 1. The van der Waals surface area contributed by atoms with Crippen LogP contribution in [0.1, 0.15) is 19.8 Å². The summed E-state index contributed by atoms with van der Waals surface area (Å²) in [5.41, 5.74) is 0. The van der Waals surface area contributed by atoms with Crippen molar-refractivity contribution in [1.82, 2.24) is 0 Å². The van der Waals surface area contributed by atoms with E-state index >= 15 is 0 Å². The highest BCUT2D eigenvalue weighted by atomic mass is 16.7. The summed E-state index contributed by atoms with van der Waals surface area (Å²) >= 11 is 0. The third-order valence-electron chi connectivity index (χ3n) is 0.976. The van der Waals surface area contributed by atoms with Gasteiger partial charge in [-0.25, -0.2) is 4.79 Å². The number of allylic oxidation sites excluding steroid dienone is 2. The average molecular weight is 144 g/mol. The van der Waals surface area contributed by atoms with Gasteiger partial charge in [0.25, 0.3) is 0 Å². The van der Waals surface area contributed by atoms with Crippen molar-refractivity contribution in [2.24, 2.45) is 0 Å². The molecule has 0 aromatic rings. The molecular formula is C7H12O3. The first-order valence-electron chi connectivity index (χ1n) is 3.24. The lowest BCUT2D eigenvalue weighted by Crippen LogP contribution is -2.00. The van der Waals surface area contributed by atoms with E-state index in [2.05, 4.69) is 4.74 Å². The Morgan fingerprint density at radius 3 is 2.90 bits per heavy atom. The van der Waals surface area contributed by atoms with Crippen molar-refractivity contribution in [3.05, 3.63) is 12.2 Å². The van der Waals surface area contributed by atoms with Crippen molar-refractivity contribution >= 4 is 6.16 Å². The second-order valence-corrected chi connectivity index (χ2v) is 1.83. The summed E-state index contributed by atoms with van der Waals surface area (Å²) in [5.74, 6) is 0. The number of carbonyl (C=O) groups is 1. The smallest absolute Gasteiger partial charge is 0.450 e. The molecule has 0 aromatic heterocycles. The molecule has 0 unspecified atom stereocenters. The highest BCUT2D eigenvalue weighted by Gasteiger charge is 1.92. The van der Waals surface area contributed by atoms with Gasteiger partial charge in [0.05, 0.1) is 6.61 Å². The van der Waals surface area contributed by atoms with Crippen molar-refractivity contribution in [3.63, 3.8) is 0 Å². The molecule has 0 aliphatic carbocycles. The van der Waals surface area contributed by atoms with Crippen LogP contribution in [0.3, 0.4) is 0 Å². The molecular weight excluding hydrogens is 132 g/mol. The Balaban J connectivity index is 2.98. The van der Waals surface area contributed by atoms with Gasteiger partial charge >= 0.3 is 6.16 Å². The van der Waals surface area contributed by atoms with E-state index in [0.717, 1.165) is 12.8 Å².